The van der Waals surface area contributed by atoms with Gasteiger partial charge in [-0.2, -0.15) is 0 Å². The molecule has 0 bridgehead atoms. The SMILES string of the molecule is CCOc1ccc(-n2c3nc4ccccc4nc3c3c(=O)n(Cc4ccccc4)c(C)nc32)cc1. The Morgan fingerprint density at radius 2 is 1.49 bits per heavy atom. The van der Waals surface area contributed by atoms with Crippen molar-refractivity contribution < 1.29 is 4.74 Å². The minimum atomic E-state index is -0.129. The maximum Gasteiger partial charge on any atom is 0.265 e. The first-order valence-electron chi connectivity index (χ1n) is 11.6. The van der Waals surface area contributed by atoms with Gasteiger partial charge < -0.3 is 4.74 Å². The Kier molecular flexibility index (Phi) is 5.03. The third-order valence-corrected chi connectivity index (χ3v) is 6.14. The van der Waals surface area contributed by atoms with Gasteiger partial charge >= 0.3 is 0 Å². The quantitative estimate of drug-likeness (QED) is 0.360. The average molecular weight is 462 g/mol. The first kappa shape index (κ1) is 21.0. The summed E-state index contributed by atoms with van der Waals surface area (Å²) in [6.07, 6.45) is 0. The van der Waals surface area contributed by atoms with Crippen LogP contribution in [-0.4, -0.2) is 30.7 Å². The second kappa shape index (κ2) is 8.36. The van der Waals surface area contributed by atoms with Crippen molar-refractivity contribution in [3.8, 4) is 11.4 Å². The fraction of sp³-hybridized carbons (Fsp3) is 0.143. The number of aryl methyl sites for hydroxylation is 1. The summed E-state index contributed by atoms with van der Waals surface area (Å²) >= 11 is 0. The molecule has 0 fully saturated rings. The van der Waals surface area contributed by atoms with Crippen LogP contribution < -0.4 is 10.3 Å². The Morgan fingerprint density at radius 3 is 2.20 bits per heavy atom. The van der Waals surface area contributed by atoms with Crippen molar-refractivity contribution in [2.45, 2.75) is 20.4 Å². The molecule has 0 saturated heterocycles. The monoisotopic (exact) mass is 461 g/mol. The van der Waals surface area contributed by atoms with Crippen molar-refractivity contribution in [3.63, 3.8) is 0 Å². The molecule has 35 heavy (non-hydrogen) atoms. The lowest BCUT2D eigenvalue weighted by atomic mass is 10.2. The van der Waals surface area contributed by atoms with E-state index in [1.807, 2.05) is 97.3 Å². The second-order valence-corrected chi connectivity index (χ2v) is 8.38. The van der Waals surface area contributed by atoms with E-state index >= 15 is 0 Å². The number of rotatable bonds is 5. The molecule has 3 heterocycles. The molecule has 0 radical (unpaired) electrons. The van der Waals surface area contributed by atoms with E-state index in [0.717, 1.165) is 28.0 Å². The van der Waals surface area contributed by atoms with Gasteiger partial charge in [-0.15, -0.1) is 0 Å². The summed E-state index contributed by atoms with van der Waals surface area (Å²) in [5.74, 6) is 1.41. The first-order valence-corrected chi connectivity index (χ1v) is 11.6. The standard InChI is InChI=1S/C28H23N5O2/c1-3-35-21-15-13-20(14-16-21)33-26-24(25-27(33)31-23-12-8-7-11-22(23)30-25)28(34)32(18(2)29-26)17-19-9-5-4-6-10-19/h4-16H,3,17H2,1-2H3. The van der Waals surface area contributed by atoms with Crippen LogP contribution >= 0.6 is 0 Å². The number of nitrogens with zero attached hydrogens (tertiary/aromatic N) is 5. The number of benzene rings is 3. The van der Waals surface area contributed by atoms with Crippen LogP contribution in [0.2, 0.25) is 0 Å². The van der Waals surface area contributed by atoms with Gasteiger partial charge in [0.25, 0.3) is 5.56 Å². The smallest absolute Gasteiger partial charge is 0.265 e. The molecule has 0 aliphatic carbocycles. The highest BCUT2D eigenvalue weighted by atomic mass is 16.5. The van der Waals surface area contributed by atoms with E-state index in [2.05, 4.69) is 0 Å². The van der Waals surface area contributed by atoms with Crippen molar-refractivity contribution in [3.05, 3.63) is 101 Å². The fourth-order valence-corrected chi connectivity index (χ4v) is 4.49. The highest BCUT2D eigenvalue weighted by molar-refractivity contribution is 6.05. The Balaban J connectivity index is 1.68. The first-order chi connectivity index (χ1) is 17.1. The lowest BCUT2D eigenvalue weighted by Gasteiger charge is -2.11. The zero-order valence-corrected chi connectivity index (χ0v) is 19.5. The van der Waals surface area contributed by atoms with Crippen molar-refractivity contribution in [1.82, 2.24) is 24.1 Å². The van der Waals surface area contributed by atoms with E-state index in [1.165, 1.54) is 0 Å². The third kappa shape index (κ3) is 3.52. The van der Waals surface area contributed by atoms with Gasteiger partial charge in [-0.05, 0) is 55.8 Å². The van der Waals surface area contributed by atoms with Crippen LogP contribution in [0, 0.1) is 6.92 Å². The van der Waals surface area contributed by atoms with Crippen LogP contribution in [0.15, 0.2) is 83.7 Å². The summed E-state index contributed by atoms with van der Waals surface area (Å²) in [5.41, 5.74) is 4.94. The molecule has 7 nitrogen and oxygen atoms in total. The zero-order chi connectivity index (χ0) is 23.9. The molecule has 0 atom stereocenters. The van der Waals surface area contributed by atoms with Crippen LogP contribution in [0.3, 0.4) is 0 Å². The summed E-state index contributed by atoms with van der Waals surface area (Å²) in [6, 6.07) is 25.3. The normalized spacial score (nSPS) is 11.5. The van der Waals surface area contributed by atoms with Crippen molar-refractivity contribution in [1.29, 1.82) is 0 Å². The molecule has 172 valence electrons. The summed E-state index contributed by atoms with van der Waals surface area (Å²) in [4.78, 5) is 28.6. The lowest BCUT2D eigenvalue weighted by Crippen LogP contribution is -2.24. The molecule has 6 rings (SSSR count). The van der Waals surface area contributed by atoms with Crippen molar-refractivity contribution >= 4 is 33.2 Å². The van der Waals surface area contributed by atoms with Crippen molar-refractivity contribution in [2.24, 2.45) is 0 Å². The van der Waals surface area contributed by atoms with Crippen LogP contribution in [0.5, 0.6) is 5.75 Å². The van der Waals surface area contributed by atoms with Gasteiger partial charge in [0.2, 0.25) is 0 Å². The fourth-order valence-electron chi connectivity index (χ4n) is 4.49. The number of hydrogen-bond acceptors (Lipinski definition) is 5. The van der Waals surface area contributed by atoms with E-state index in [9.17, 15) is 4.79 Å². The molecule has 0 amide bonds. The Morgan fingerprint density at radius 1 is 0.800 bits per heavy atom. The summed E-state index contributed by atoms with van der Waals surface area (Å²) in [5, 5.41) is 0.466. The molecule has 3 aromatic carbocycles. The molecule has 0 spiro atoms. The number of fused-ring (bicyclic) bond motifs is 4. The summed E-state index contributed by atoms with van der Waals surface area (Å²) in [7, 11) is 0. The minimum Gasteiger partial charge on any atom is -0.494 e. The van der Waals surface area contributed by atoms with E-state index in [-0.39, 0.29) is 5.56 Å². The Bertz CT molecular complexity index is 1750. The van der Waals surface area contributed by atoms with E-state index in [1.54, 1.807) is 4.57 Å². The molecule has 3 aromatic heterocycles. The highest BCUT2D eigenvalue weighted by Gasteiger charge is 2.22. The van der Waals surface area contributed by atoms with Crippen LogP contribution in [0.1, 0.15) is 18.3 Å². The van der Waals surface area contributed by atoms with E-state index < -0.39 is 0 Å². The topological polar surface area (TPSA) is 74.8 Å². The third-order valence-electron chi connectivity index (χ3n) is 6.14. The summed E-state index contributed by atoms with van der Waals surface area (Å²) in [6.45, 7) is 4.84. The van der Waals surface area contributed by atoms with Gasteiger partial charge in [0, 0.05) is 5.69 Å². The van der Waals surface area contributed by atoms with Gasteiger partial charge in [-0.3, -0.25) is 13.9 Å². The van der Waals surface area contributed by atoms with Gasteiger partial charge in [-0.1, -0.05) is 42.5 Å². The number of para-hydroxylation sites is 2. The average Bonchev–Trinajstić information content (AvgIpc) is 3.19. The van der Waals surface area contributed by atoms with Crippen LogP contribution in [0.25, 0.3) is 38.9 Å². The maximum atomic E-state index is 13.9. The molecule has 0 aliphatic rings. The minimum absolute atomic E-state index is 0.129. The van der Waals surface area contributed by atoms with E-state index in [4.69, 9.17) is 19.7 Å². The molecule has 0 aliphatic heterocycles. The predicted octanol–water partition coefficient (Wildman–Crippen LogP) is 5.04. The van der Waals surface area contributed by atoms with E-state index in [0.29, 0.717) is 41.2 Å². The lowest BCUT2D eigenvalue weighted by molar-refractivity contribution is 0.340. The van der Waals surface area contributed by atoms with Gasteiger partial charge in [0.1, 0.15) is 22.5 Å². The molecule has 7 heteroatoms. The zero-order valence-electron chi connectivity index (χ0n) is 19.5. The molecule has 6 aromatic rings. The number of ether oxygens (including phenoxy) is 1. The second-order valence-electron chi connectivity index (χ2n) is 8.38. The Labute approximate surface area is 201 Å². The number of aromatic nitrogens is 5. The van der Waals surface area contributed by atoms with Crippen LogP contribution in [-0.2, 0) is 6.54 Å². The van der Waals surface area contributed by atoms with Crippen molar-refractivity contribution in [2.75, 3.05) is 6.61 Å². The largest absolute Gasteiger partial charge is 0.494 e. The molecular weight excluding hydrogens is 438 g/mol. The van der Waals surface area contributed by atoms with Gasteiger partial charge in [0.05, 0.1) is 24.2 Å². The molecular formula is C28H23N5O2. The summed E-state index contributed by atoms with van der Waals surface area (Å²) < 4.78 is 9.24. The van der Waals surface area contributed by atoms with Gasteiger partial charge in [0.15, 0.2) is 11.3 Å². The van der Waals surface area contributed by atoms with Crippen LogP contribution in [0.4, 0.5) is 0 Å². The predicted molar refractivity (Wildman–Crippen MR) is 137 cm³/mol. The van der Waals surface area contributed by atoms with Gasteiger partial charge in [-0.25, -0.2) is 15.0 Å². The highest BCUT2D eigenvalue weighted by Crippen LogP contribution is 2.29. The molecule has 0 N–H and O–H groups in total. The molecule has 0 saturated carbocycles. The molecule has 0 unspecified atom stereocenters. The maximum absolute atomic E-state index is 13.9. The Hall–Kier alpha value is -4.52. The number of hydrogen-bond donors (Lipinski definition) is 0.